The van der Waals surface area contributed by atoms with E-state index < -0.39 is 5.56 Å². The molecule has 1 aliphatic heterocycles. The number of hydrogen-bond acceptors (Lipinski definition) is 7. The molecular formula is C23H22FN5O3S. The summed E-state index contributed by atoms with van der Waals surface area (Å²) in [6.45, 7) is 1.77. The van der Waals surface area contributed by atoms with Gasteiger partial charge in [-0.25, -0.2) is 14.1 Å². The second kappa shape index (κ2) is 9.14. The lowest BCUT2D eigenvalue weighted by atomic mass is 10.1. The number of aromatic nitrogens is 3. The Bertz CT molecular complexity index is 1320. The van der Waals surface area contributed by atoms with E-state index in [9.17, 15) is 14.0 Å². The molecule has 10 heteroatoms. The predicted octanol–water partition coefficient (Wildman–Crippen LogP) is 3.56. The fourth-order valence-electron chi connectivity index (χ4n) is 3.84. The minimum absolute atomic E-state index is 0.219. The number of nitrogens with zero attached hydrogens (tertiary/aromatic N) is 4. The van der Waals surface area contributed by atoms with E-state index in [0.717, 1.165) is 41.3 Å². The molecule has 1 amide bonds. The molecule has 0 saturated carbocycles. The van der Waals surface area contributed by atoms with Gasteiger partial charge in [-0.2, -0.15) is 5.10 Å². The van der Waals surface area contributed by atoms with E-state index in [1.807, 2.05) is 0 Å². The smallest absolute Gasteiger partial charge is 0.294 e. The molecular weight excluding hydrogens is 445 g/mol. The Morgan fingerprint density at radius 2 is 1.94 bits per heavy atom. The minimum Gasteiger partial charge on any atom is -0.463 e. The first-order valence-corrected chi connectivity index (χ1v) is 11.6. The van der Waals surface area contributed by atoms with Crippen molar-refractivity contribution in [1.82, 2.24) is 20.1 Å². The molecule has 4 heterocycles. The third-order valence-corrected chi connectivity index (χ3v) is 6.69. The Balaban J connectivity index is 1.45. The average molecular weight is 468 g/mol. The summed E-state index contributed by atoms with van der Waals surface area (Å²) in [4.78, 5) is 32.6. The molecule has 1 aliphatic rings. The number of nitrogens with one attached hydrogen (secondary N) is 1. The van der Waals surface area contributed by atoms with Gasteiger partial charge in [0, 0.05) is 19.6 Å². The van der Waals surface area contributed by atoms with Gasteiger partial charge in [-0.05, 0) is 49.1 Å². The highest BCUT2D eigenvalue weighted by Gasteiger charge is 2.23. The van der Waals surface area contributed by atoms with Gasteiger partial charge in [0.1, 0.15) is 18.1 Å². The standard InChI is InChI=1S/C23H22FN5O3S/c24-16-8-6-15(7-9-16)13-25-18(30)14-29-22(31)20-21(19(27-29)17-5-4-12-32-17)33-23(26-20)28-10-2-1-3-11-28/h4-9,12H,1-3,10-11,13-14H2,(H,25,30). The topological polar surface area (TPSA) is 93.3 Å². The zero-order valence-electron chi connectivity index (χ0n) is 17.8. The molecule has 0 bridgehead atoms. The highest BCUT2D eigenvalue weighted by molar-refractivity contribution is 7.22. The summed E-state index contributed by atoms with van der Waals surface area (Å²) in [7, 11) is 0. The lowest BCUT2D eigenvalue weighted by molar-refractivity contribution is -0.122. The van der Waals surface area contributed by atoms with Crippen molar-refractivity contribution in [2.75, 3.05) is 18.0 Å². The van der Waals surface area contributed by atoms with Crippen molar-refractivity contribution in [1.29, 1.82) is 0 Å². The Morgan fingerprint density at radius 3 is 2.67 bits per heavy atom. The van der Waals surface area contributed by atoms with Crippen LogP contribution in [-0.4, -0.2) is 33.8 Å². The van der Waals surface area contributed by atoms with Gasteiger partial charge in [-0.3, -0.25) is 9.59 Å². The summed E-state index contributed by atoms with van der Waals surface area (Å²) in [6.07, 6.45) is 4.93. The van der Waals surface area contributed by atoms with Crippen LogP contribution in [0.5, 0.6) is 0 Å². The van der Waals surface area contributed by atoms with Crippen LogP contribution in [0.2, 0.25) is 0 Å². The highest BCUT2D eigenvalue weighted by Crippen LogP contribution is 2.34. The Labute approximate surface area is 192 Å². The Morgan fingerprint density at radius 1 is 1.15 bits per heavy atom. The molecule has 4 aromatic rings. The lowest BCUT2D eigenvalue weighted by Crippen LogP contribution is -2.33. The summed E-state index contributed by atoms with van der Waals surface area (Å²) in [6, 6.07) is 9.38. The van der Waals surface area contributed by atoms with E-state index in [4.69, 9.17) is 4.42 Å². The lowest BCUT2D eigenvalue weighted by Gasteiger charge is -2.25. The number of amides is 1. The van der Waals surface area contributed by atoms with Gasteiger partial charge < -0.3 is 14.6 Å². The second-order valence-corrected chi connectivity index (χ2v) is 8.89. The van der Waals surface area contributed by atoms with Gasteiger partial charge in [0.15, 0.2) is 16.4 Å². The van der Waals surface area contributed by atoms with Gasteiger partial charge in [0.25, 0.3) is 5.56 Å². The molecule has 0 spiro atoms. The largest absolute Gasteiger partial charge is 0.463 e. The quantitative estimate of drug-likeness (QED) is 0.466. The van der Waals surface area contributed by atoms with E-state index in [1.54, 1.807) is 30.5 Å². The number of hydrogen-bond donors (Lipinski definition) is 1. The fraction of sp³-hybridized carbons (Fsp3) is 0.304. The van der Waals surface area contributed by atoms with Crippen molar-refractivity contribution < 1.29 is 13.6 Å². The molecule has 0 unspecified atom stereocenters. The Kier molecular flexibility index (Phi) is 5.91. The number of carbonyl (C=O) groups excluding carboxylic acids is 1. The maximum atomic E-state index is 13.2. The second-order valence-electron chi connectivity index (χ2n) is 7.91. The zero-order valence-corrected chi connectivity index (χ0v) is 18.6. The van der Waals surface area contributed by atoms with Crippen molar-refractivity contribution in [3.05, 3.63) is 64.4 Å². The molecule has 5 rings (SSSR count). The van der Waals surface area contributed by atoms with Crippen molar-refractivity contribution >= 4 is 32.6 Å². The molecule has 0 radical (unpaired) electrons. The van der Waals surface area contributed by atoms with Gasteiger partial charge in [0.05, 0.1) is 11.0 Å². The van der Waals surface area contributed by atoms with Crippen LogP contribution in [-0.2, 0) is 17.9 Å². The molecule has 1 N–H and O–H groups in total. The van der Waals surface area contributed by atoms with Crippen LogP contribution in [0.1, 0.15) is 24.8 Å². The fourth-order valence-corrected chi connectivity index (χ4v) is 4.94. The van der Waals surface area contributed by atoms with Crippen LogP contribution in [0.15, 0.2) is 51.9 Å². The van der Waals surface area contributed by atoms with Crippen LogP contribution in [0.3, 0.4) is 0 Å². The number of halogens is 1. The van der Waals surface area contributed by atoms with Crippen LogP contribution >= 0.6 is 11.3 Å². The predicted molar refractivity (Wildman–Crippen MR) is 124 cm³/mol. The number of benzene rings is 1. The molecule has 3 aromatic heterocycles. The Hall–Kier alpha value is -3.53. The summed E-state index contributed by atoms with van der Waals surface area (Å²) in [5.74, 6) is -0.216. The molecule has 1 saturated heterocycles. The summed E-state index contributed by atoms with van der Waals surface area (Å²) in [5, 5.41) is 7.99. The van der Waals surface area contributed by atoms with Gasteiger partial charge >= 0.3 is 0 Å². The number of furan rings is 1. The van der Waals surface area contributed by atoms with E-state index in [0.29, 0.717) is 16.2 Å². The average Bonchev–Trinajstić information content (AvgIpc) is 3.52. The SMILES string of the molecule is O=C(Cn1nc(-c2ccco2)c2sc(N3CCCCC3)nc2c1=O)NCc1ccc(F)cc1. The zero-order chi connectivity index (χ0) is 22.8. The van der Waals surface area contributed by atoms with Gasteiger partial charge in [-0.15, -0.1) is 0 Å². The first kappa shape index (κ1) is 21.3. The maximum Gasteiger partial charge on any atom is 0.294 e. The first-order chi connectivity index (χ1) is 16.1. The summed E-state index contributed by atoms with van der Waals surface area (Å²) >= 11 is 1.43. The normalized spacial score (nSPS) is 14.0. The van der Waals surface area contributed by atoms with Crippen LogP contribution in [0.4, 0.5) is 9.52 Å². The first-order valence-electron chi connectivity index (χ1n) is 10.8. The number of fused-ring (bicyclic) bond motifs is 1. The van der Waals surface area contributed by atoms with E-state index in [2.05, 4.69) is 20.3 Å². The van der Waals surface area contributed by atoms with Crippen LogP contribution in [0, 0.1) is 5.82 Å². The maximum absolute atomic E-state index is 13.2. The monoisotopic (exact) mass is 467 g/mol. The number of rotatable bonds is 6. The summed E-state index contributed by atoms with van der Waals surface area (Å²) in [5.41, 5.74) is 1.11. The minimum atomic E-state index is -0.420. The van der Waals surface area contributed by atoms with Crippen molar-refractivity contribution in [3.63, 3.8) is 0 Å². The molecule has 170 valence electrons. The van der Waals surface area contributed by atoms with Gasteiger partial charge in [-0.1, -0.05) is 23.5 Å². The van der Waals surface area contributed by atoms with Crippen molar-refractivity contribution in [3.8, 4) is 11.5 Å². The van der Waals surface area contributed by atoms with E-state index >= 15 is 0 Å². The summed E-state index contributed by atoms with van der Waals surface area (Å²) < 4.78 is 20.4. The molecule has 0 atom stereocenters. The number of carbonyl (C=O) groups is 1. The molecule has 8 nitrogen and oxygen atoms in total. The van der Waals surface area contributed by atoms with Crippen LogP contribution < -0.4 is 15.8 Å². The van der Waals surface area contributed by atoms with Crippen molar-refractivity contribution in [2.45, 2.75) is 32.4 Å². The molecule has 1 aromatic carbocycles. The highest BCUT2D eigenvalue weighted by atomic mass is 32.1. The molecule has 33 heavy (non-hydrogen) atoms. The molecule has 0 aliphatic carbocycles. The number of anilines is 1. The van der Waals surface area contributed by atoms with Crippen LogP contribution in [0.25, 0.3) is 21.7 Å². The van der Waals surface area contributed by atoms with E-state index in [1.165, 1.54) is 29.9 Å². The number of piperidine rings is 1. The molecule has 1 fully saturated rings. The van der Waals surface area contributed by atoms with Gasteiger partial charge in [0.2, 0.25) is 5.91 Å². The third-order valence-electron chi connectivity index (χ3n) is 5.57. The van der Waals surface area contributed by atoms with E-state index in [-0.39, 0.29) is 30.3 Å². The van der Waals surface area contributed by atoms with Crippen molar-refractivity contribution in [2.24, 2.45) is 0 Å². The number of thiazole rings is 1. The third kappa shape index (κ3) is 4.51.